The van der Waals surface area contributed by atoms with Crippen molar-refractivity contribution in [1.82, 2.24) is 25.1 Å². The van der Waals surface area contributed by atoms with Crippen LogP contribution in [0.1, 0.15) is 23.7 Å². The zero-order valence-corrected chi connectivity index (χ0v) is 19.3. The minimum atomic E-state index is -0.416. The van der Waals surface area contributed by atoms with E-state index in [4.69, 9.17) is 4.74 Å². The highest BCUT2D eigenvalue weighted by Crippen LogP contribution is 2.23. The van der Waals surface area contributed by atoms with Crippen molar-refractivity contribution in [2.24, 2.45) is 0 Å². The predicted octanol–water partition coefficient (Wildman–Crippen LogP) is 3.82. The molecule has 0 saturated carbocycles. The van der Waals surface area contributed by atoms with Crippen molar-refractivity contribution in [2.45, 2.75) is 26.8 Å². The molecule has 9 nitrogen and oxygen atoms in total. The molecular weight excluding hydrogens is 432 g/mol. The molecule has 4 rings (SSSR count). The molecule has 9 heteroatoms. The molecule has 4 aromatic rings. The number of methoxy groups -OCH3 is 1. The SMILES string of the molecule is CCc1c(C)nc(-n2nc(-c3ccccc3)cc2NC(=O)NCc2ccc(OC)cc2)[nH]c1=O. The lowest BCUT2D eigenvalue weighted by molar-refractivity contribution is 0.251. The fraction of sp³-hybridized carbons (Fsp3) is 0.200. The summed E-state index contributed by atoms with van der Waals surface area (Å²) in [6.45, 7) is 4.02. The molecule has 0 fully saturated rings. The molecule has 0 radical (unpaired) electrons. The number of carbonyl (C=O) groups is 1. The van der Waals surface area contributed by atoms with E-state index in [0.29, 0.717) is 35.7 Å². The van der Waals surface area contributed by atoms with E-state index in [1.165, 1.54) is 4.68 Å². The lowest BCUT2D eigenvalue weighted by atomic mass is 10.2. The van der Waals surface area contributed by atoms with Crippen LogP contribution >= 0.6 is 0 Å². The zero-order chi connectivity index (χ0) is 24.1. The number of urea groups is 1. The molecule has 0 aliphatic heterocycles. The monoisotopic (exact) mass is 458 g/mol. The number of carbonyl (C=O) groups excluding carboxylic acids is 1. The predicted molar refractivity (Wildman–Crippen MR) is 130 cm³/mol. The number of benzene rings is 2. The highest BCUT2D eigenvalue weighted by molar-refractivity contribution is 5.89. The first-order chi connectivity index (χ1) is 16.5. The van der Waals surface area contributed by atoms with Crippen molar-refractivity contribution in [3.05, 3.63) is 87.8 Å². The van der Waals surface area contributed by atoms with E-state index in [9.17, 15) is 9.59 Å². The van der Waals surface area contributed by atoms with E-state index in [1.54, 1.807) is 20.1 Å². The molecule has 2 heterocycles. The highest BCUT2D eigenvalue weighted by atomic mass is 16.5. The van der Waals surface area contributed by atoms with Gasteiger partial charge in [0.05, 0.1) is 12.8 Å². The Kier molecular flexibility index (Phi) is 6.72. The molecule has 174 valence electrons. The van der Waals surface area contributed by atoms with Gasteiger partial charge in [-0.25, -0.2) is 9.78 Å². The first-order valence-corrected chi connectivity index (χ1v) is 10.9. The van der Waals surface area contributed by atoms with Crippen LogP contribution in [0.5, 0.6) is 5.75 Å². The molecule has 0 aliphatic carbocycles. The number of aromatic amines is 1. The second-order valence-corrected chi connectivity index (χ2v) is 7.66. The van der Waals surface area contributed by atoms with Crippen LogP contribution in [0.4, 0.5) is 10.6 Å². The van der Waals surface area contributed by atoms with Gasteiger partial charge >= 0.3 is 6.03 Å². The number of H-pyrrole nitrogens is 1. The Morgan fingerprint density at radius 2 is 1.85 bits per heavy atom. The first kappa shape index (κ1) is 22.8. The fourth-order valence-corrected chi connectivity index (χ4v) is 3.58. The summed E-state index contributed by atoms with van der Waals surface area (Å²) in [6.07, 6.45) is 0.571. The quantitative estimate of drug-likeness (QED) is 0.390. The van der Waals surface area contributed by atoms with Crippen LogP contribution in [0, 0.1) is 6.92 Å². The summed E-state index contributed by atoms with van der Waals surface area (Å²) in [6, 6.07) is 18.3. The van der Waals surface area contributed by atoms with Gasteiger partial charge in [0.2, 0.25) is 5.95 Å². The Morgan fingerprint density at radius 1 is 1.12 bits per heavy atom. The number of aromatic nitrogens is 4. The second kappa shape index (κ2) is 10.0. The van der Waals surface area contributed by atoms with Crippen LogP contribution in [0.25, 0.3) is 17.2 Å². The Morgan fingerprint density at radius 3 is 2.50 bits per heavy atom. The van der Waals surface area contributed by atoms with Crippen LogP contribution in [0.3, 0.4) is 0 Å². The number of amides is 2. The number of ether oxygens (including phenoxy) is 1. The van der Waals surface area contributed by atoms with Crippen molar-refractivity contribution in [3.63, 3.8) is 0 Å². The van der Waals surface area contributed by atoms with E-state index < -0.39 is 6.03 Å². The standard InChI is InChI=1S/C25H26N6O3/c1-4-20-16(2)27-24(29-23(20)32)31-22(14-21(30-31)18-8-6-5-7-9-18)28-25(33)26-15-17-10-12-19(34-3)13-11-17/h5-14H,4,15H2,1-3H3,(H2,26,28,33)(H,27,29,32). The summed E-state index contributed by atoms with van der Waals surface area (Å²) in [5.41, 5.74) is 3.43. The highest BCUT2D eigenvalue weighted by Gasteiger charge is 2.17. The number of nitrogens with one attached hydrogen (secondary N) is 3. The van der Waals surface area contributed by atoms with E-state index in [0.717, 1.165) is 16.9 Å². The number of nitrogens with zero attached hydrogens (tertiary/aromatic N) is 3. The topological polar surface area (TPSA) is 114 Å². The molecule has 0 atom stereocenters. The van der Waals surface area contributed by atoms with Crippen molar-refractivity contribution in [3.8, 4) is 23.0 Å². The average molecular weight is 459 g/mol. The van der Waals surface area contributed by atoms with Gasteiger partial charge in [-0.3, -0.25) is 15.1 Å². The van der Waals surface area contributed by atoms with Gasteiger partial charge in [-0.1, -0.05) is 49.4 Å². The summed E-state index contributed by atoms with van der Waals surface area (Å²) in [5, 5.41) is 10.3. The largest absolute Gasteiger partial charge is 0.497 e. The lowest BCUT2D eigenvalue weighted by Crippen LogP contribution is -2.29. The fourth-order valence-electron chi connectivity index (χ4n) is 3.58. The Bertz CT molecular complexity index is 1340. The number of anilines is 1. The van der Waals surface area contributed by atoms with Crippen LogP contribution in [-0.2, 0) is 13.0 Å². The van der Waals surface area contributed by atoms with Gasteiger partial charge in [0.15, 0.2) is 0 Å². The summed E-state index contributed by atoms with van der Waals surface area (Å²) < 4.78 is 6.59. The van der Waals surface area contributed by atoms with Crippen molar-refractivity contribution in [2.75, 3.05) is 12.4 Å². The van der Waals surface area contributed by atoms with Crippen LogP contribution in [0.2, 0.25) is 0 Å². The third kappa shape index (κ3) is 4.98. The van der Waals surface area contributed by atoms with Gasteiger partial charge in [-0.2, -0.15) is 9.78 Å². The van der Waals surface area contributed by atoms with Crippen molar-refractivity contribution in [1.29, 1.82) is 0 Å². The van der Waals surface area contributed by atoms with Gasteiger partial charge in [0.25, 0.3) is 5.56 Å². The molecule has 0 aliphatic rings. The minimum absolute atomic E-state index is 0.225. The normalized spacial score (nSPS) is 10.7. The molecule has 34 heavy (non-hydrogen) atoms. The van der Waals surface area contributed by atoms with Crippen LogP contribution in [0.15, 0.2) is 65.5 Å². The Balaban J connectivity index is 1.62. The van der Waals surface area contributed by atoms with Gasteiger partial charge in [0.1, 0.15) is 11.6 Å². The summed E-state index contributed by atoms with van der Waals surface area (Å²) in [4.78, 5) is 32.5. The zero-order valence-electron chi connectivity index (χ0n) is 19.3. The Labute approximate surface area is 196 Å². The molecule has 0 bridgehead atoms. The molecule has 2 aromatic heterocycles. The second-order valence-electron chi connectivity index (χ2n) is 7.66. The molecule has 2 aromatic carbocycles. The van der Waals surface area contributed by atoms with Crippen molar-refractivity contribution < 1.29 is 9.53 Å². The third-order valence-corrected chi connectivity index (χ3v) is 5.40. The summed E-state index contributed by atoms with van der Waals surface area (Å²) in [7, 11) is 1.60. The lowest BCUT2D eigenvalue weighted by Gasteiger charge is -2.11. The van der Waals surface area contributed by atoms with E-state index in [1.807, 2.05) is 61.5 Å². The maximum absolute atomic E-state index is 12.7. The first-order valence-electron chi connectivity index (χ1n) is 10.9. The average Bonchev–Trinajstić information content (AvgIpc) is 3.27. The van der Waals surface area contributed by atoms with Gasteiger partial charge < -0.3 is 10.1 Å². The summed E-state index contributed by atoms with van der Waals surface area (Å²) >= 11 is 0. The number of aryl methyl sites for hydroxylation is 1. The van der Waals surface area contributed by atoms with E-state index in [-0.39, 0.29) is 11.5 Å². The maximum Gasteiger partial charge on any atom is 0.320 e. The number of hydrogen-bond acceptors (Lipinski definition) is 5. The smallest absolute Gasteiger partial charge is 0.320 e. The number of rotatable bonds is 7. The maximum atomic E-state index is 12.7. The minimum Gasteiger partial charge on any atom is -0.497 e. The van der Waals surface area contributed by atoms with Crippen LogP contribution < -0.4 is 20.9 Å². The third-order valence-electron chi connectivity index (χ3n) is 5.40. The molecule has 0 spiro atoms. The van der Waals surface area contributed by atoms with E-state index >= 15 is 0 Å². The van der Waals surface area contributed by atoms with E-state index in [2.05, 4.69) is 25.7 Å². The van der Waals surface area contributed by atoms with Gasteiger partial charge in [0, 0.05) is 29.4 Å². The van der Waals surface area contributed by atoms with Gasteiger partial charge in [-0.15, -0.1) is 0 Å². The molecule has 2 amide bonds. The van der Waals surface area contributed by atoms with Crippen LogP contribution in [-0.4, -0.2) is 32.9 Å². The van der Waals surface area contributed by atoms with Crippen molar-refractivity contribution >= 4 is 11.8 Å². The molecular formula is C25H26N6O3. The van der Waals surface area contributed by atoms with Gasteiger partial charge in [-0.05, 0) is 31.0 Å². The molecule has 3 N–H and O–H groups in total. The summed E-state index contributed by atoms with van der Waals surface area (Å²) in [5.74, 6) is 1.35. The Hall–Kier alpha value is -4.40. The number of hydrogen-bond donors (Lipinski definition) is 3. The molecule has 0 saturated heterocycles. The molecule has 0 unspecified atom stereocenters.